The number of aliphatic imine (C=N–C) groups is 1. The Kier molecular flexibility index (Phi) is 5.86. The number of methoxy groups -OCH3 is 1. The van der Waals surface area contributed by atoms with Crippen molar-refractivity contribution in [2.24, 2.45) is 4.99 Å². The summed E-state index contributed by atoms with van der Waals surface area (Å²) in [4.78, 5) is 45.3. The Morgan fingerprint density at radius 3 is 2.49 bits per heavy atom. The van der Waals surface area contributed by atoms with Crippen LogP contribution in [0.15, 0.2) is 32.8 Å². The van der Waals surface area contributed by atoms with E-state index in [0.717, 1.165) is 51.0 Å². The van der Waals surface area contributed by atoms with Gasteiger partial charge < -0.3 is 9.47 Å². The van der Waals surface area contributed by atoms with E-state index >= 15 is 0 Å². The third-order valence-corrected chi connectivity index (χ3v) is 7.35. The zero-order chi connectivity index (χ0) is 25.7. The van der Waals surface area contributed by atoms with Gasteiger partial charge in [0.05, 0.1) is 24.9 Å². The van der Waals surface area contributed by atoms with Crippen LogP contribution in [0.1, 0.15) is 62.6 Å². The minimum atomic E-state index is -0.588. The maximum atomic E-state index is 13.5. The molecule has 3 saturated carbocycles. The average Bonchev–Trinajstić information content (AvgIpc) is 3.77. The van der Waals surface area contributed by atoms with Crippen LogP contribution in [0, 0.1) is 17.7 Å². The minimum absolute atomic E-state index is 0.00162. The van der Waals surface area contributed by atoms with E-state index in [0.29, 0.717) is 17.1 Å². The quantitative estimate of drug-likeness (QED) is 0.559. The number of carbonyl (C=O) groups excluding carboxylic acids is 1. The van der Waals surface area contributed by atoms with Gasteiger partial charge in [0, 0.05) is 30.6 Å². The van der Waals surface area contributed by atoms with Crippen molar-refractivity contribution in [1.29, 1.82) is 0 Å². The van der Waals surface area contributed by atoms with Gasteiger partial charge >= 0.3 is 11.8 Å². The molecule has 0 unspecified atom stereocenters. The summed E-state index contributed by atoms with van der Waals surface area (Å²) in [6, 6.07) is 3.80. The lowest BCUT2D eigenvalue weighted by molar-refractivity contribution is 0.111. The molecule has 3 fully saturated rings. The normalized spacial score (nSPS) is 18.3. The highest BCUT2D eigenvalue weighted by molar-refractivity contribution is 6.06. The summed E-state index contributed by atoms with van der Waals surface area (Å²) in [6.45, 7) is 0.115. The molecule has 0 atom stereocenters. The van der Waals surface area contributed by atoms with E-state index in [9.17, 15) is 18.8 Å². The molecule has 0 spiro atoms. The van der Waals surface area contributed by atoms with Gasteiger partial charge in [-0.2, -0.15) is 0 Å². The molecule has 4 aliphatic rings. The monoisotopic (exact) mass is 506 g/mol. The van der Waals surface area contributed by atoms with Gasteiger partial charge in [-0.3, -0.25) is 18.8 Å². The van der Waals surface area contributed by atoms with Crippen LogP contribution in [-0.2, 0) is 6.42 Å². The molecule has 0 radical (unpaired) electrons. The van der Waals surface area contributed by atoms with Gasteiger partial charge in [0.25, 0.3) is 5.56 Å². The molecule has 1 aromatic heterocycles. The summed E-state index contributed by atoms with van der Waals surface area (Å²) in [6.07, 6.45) is 5.90. The molecule has 0 bridgehead atoms. The summed E-state index contributed by atoms with van der Waals surface area (Å²) < 4.78 is 27.3. The molecule has 0 saturated heterocycles. The summed E-state index contributed by atoms with van der Waals surface area (Å²) in [5.41, 5.74) is 0.521. The van der Waals surface area contributed by atoms with E-state index < -0.39 is 11.9 Å². The first-order valence-electron chi connectivity index (χ1n) is 12.7. The summed E-state index contributed by atoms with van der Waals surface area (Å²) in [7, 11) is 1.38. The number of benzene rings is 1. The van der Waals surface area contributed by atoms with E-state index in [-0.39, 0.29) is 53.8 Å². The van der Waals surface area contributed by atoms with Crippen molar-refractivity contribution in [3.63, 3.8) is 0 Å². The number of aromatic nitrogens is 2. The topological polar surface area (TPSA) is 95.1 Å². The smallest absolute Gasteiger partial charge is 0.416 e. The molecule has 6 rings (SSSR count). The first-order chi connectivity index (χ1) is 17.9. The van der Waals surface area contributed by atoms with Gasteiger partial charge in [0.1, 0.15) is 11.6 Å². The lowest BCUT2D eigenvalue weighted by Gasteiger charge is -2.35. The first-order valence-corrected chi connectivity index (χ1v) is 12.7. The standard InChI is InChI=1S/C27H27FN4O5/c1-36-23-14-16(28)7-12-22(23)37-27(35)30(18-5-2-6-18)13-3-4-17-15-21-24(29-17)31(19-8-9-19)26(34)32(25(21)33)20-10-11-20/h7,12,14,18-20H,2,5-6,8-11,13,15H2,1H3. The zero-order valence-electron chi connectivity index (χ0n) is 20.5. The van der Waals surface area contributed by atoms with Crippen molar-refractivity contribution in [2.75, 3.05) is 13.7 Å². The van der Waals surface area contributed by atoms with Crippen LogP contribution >= 0.6 is 0 Å². The number of ether oxygens (including phenoxy) is 2. The lowest BCUT2D eigenvalue weighted by Crippen LogP contribution is -2.45. The second-order valence-corrected chi connectivity index (χ2v) is 10.0. The molecule has 1 aromatic carbocycles. The molecule has 10 heteroatoms. The molecular formula is C27H27FN4O5. The van der Waals surface area contributed by atoms with Crippen LogP contribution in [0.25, 0.3) is 0 Å². The molecule has 0 N–H and O–H groups in total. The van der Waals surface area contributed by atoms with Crippen molar-refractivity contribution in [2.45, 2.75) is 69.5 Å². The average molecular weight is 507 g/mol. The lowest BCUT2D eigenvalue weighted by atomic mass is 9.92. The second-order valence-electron chi connectivity index (χ2n) is 10.0. The van der Waals surface area contributed by atoms with Crippen LogP contribution in [0.4, 0.5) is 15.0 Å². The number of amides is 1. The molecule has 9 nitrogen and oxygen atoms in total. The zero-order valence-corrected chi connectivity index (χ0v) is 20.5. The Bertz CT molecular complexity index is 1490. The summed E-state index contributed by atoms with van der Waals surface area (Å²) in [5.74, 6) is 6.25. The maximum Gasteiger partial charge on any atom is 0.416 e. The fourth-order valence-electron chi connectivity index (χ4n) is 4.83. The molecule has 2 aromatic rings. The van der Waals surface area contributed by atoms with E-state index in [1.807, 2.05) is 0 Å². The Hall–Kier alpha value is -3.87. The maximum absolute atomic E-state index is 13.5. The predicted octanol–water partition coefficient (Wildman–Crippen LogP) is 3.51. The minimum Gasteiger partial charge on any atom is -0.493 e. The van der Waals surface area contributed by atoms with Crippen molar-refractivity contribution in [3.05, 3.63) is 50.4 Å². The Morgan fingerprint density at radius 1 is 1.11 bits per heavy atom. The Balaban J connectivity index is 1.22. The number of carbonyl (C=O) groups is 1. The van der Waals surface area contributed by atoms with Crippen LogP contribution in [-0.4, -0.2) is 45.5 Å². The predicted molar refractivity (Wildman–Crippen MR) is 133 cm³/mol. The SMILES string of the molecule is COc1cc(F)ccc1OC(=O)N(CC#CC1=Nc2c(c(=O)n(C3CC3)c(=O)n2C2CC2)C1)C1CCC1. The van der Waals surface area contributed by atoms with E-state index in [1.54, 1.807) is 9.47 Å². The first kappa shape index (κ1) is 23.5. The summed E-state index contributed by atoms with van der Waals surface area (Å²) >= 11 is 0. The van der Waals surface area contributed by atoms with Gasteiger partial charge in [0.2, 0.25) is 0 Å². The highest BCUT2D eigenvalue weighted by Gasteiger charge is 2.37. The Labute approximate surface area is 212 Å². The Morgan fingerprint density at radius 2 is 1.84 bits per heavy atom. The number of rotatable bonds is 6. The van der Waals surface area contributed by atoms with Gasteiger partial charge in [0.15, 0.2) is 11.5 Å². The van der Waals surface area contributed by atoms with Crippen LogP contribution in [0.5, 0.6) is 11.5 Å². The molecule has 37 heavy (non-hydrogen) atoms. The van der Waals surface area contributed by atoms with Crippen molar-refractivity contribution in [1.82, 2.24) is 14.0 Å². The van der Waals surface area contributed by atoms with Crippen molar-refractivity contribution in [3.8, 4) is 23.3 Å². The molecule has 1 amide bonds. The molecule has 1 aliphatic heterocycles. The molecule has 3 aliphatic carbocycles. The highest BCUT2D eigenvalue weighted by atomic mass is 19.1. The van der Waals surface area contributed by atoms with Crippen LogP contribution in [0.3, 0.4) is 0 Å². The van der Waals surface area contributed by atoms with Crippen molar-refractivity contribution < 1.29 is 18.7 Å². The van der Waals surface area contributed by atoms with Crippen LogP contribution < -0.4 is 20.7 Å². The fourth-order valence-corrected chi connectivity index (χ4v) is 4.83. The molecule has 2 heterocycles. The second kappa shape index (κ2) is 9.21. The fraction of sp³-hybridized carbons (Fsp3) is 0.481. The number of nitrogens with zero attached hydrogens (tertiary/aromatic N) is 4. The third kappa shape index (κ3) is 4.43. The van der Waals surface area contributed by atoms with E-state index in [2.05, 4.69) is 16.8 Å². The third-order valence-electron chi connectivity index (χ3n) is 7.35. The van der Waals surface area contributed by atoms with Gasteiger partial charge in [-0.1, -0.05) is 5.92 Å². The van der Waals surface area contributed by atoms with Gasteiger partial charge in [-0.15, -0.1) is 0 Å². The largest absolute Gasteiger partial charge is 0.493 e. The summed E-state index contributed by atoms with van der Waals surface area (Å²) in [5, 5.41) is 0. The van der Waals surface area contributed by atoms with Gasteiger partial charge in [-0.25, -0.2) is 19.0 Å². The highest BCUT2D eigenvalue weighted by Crippen LogP contribution is 2.40. The molecule has 192 valence electrons. The number of fused-ring (bicyclic) bond motifs is 1. The van der Waals surface area contributed by atoms with E-state index in [1.165, 1.54) is 23.8 Å². The molecular weight excluding hydrogens is 479 g/mol. The van der Waals surface area contributed by atoms with E-state index in [4.69, 9.17) is 9.47 Å². The number of hydrogen-bond acceptors (Lipinski definition) is 6. The number of hydrogen-bond donors (Lipinski definition) is 0. The van der Waals surface area contributed by atoms with Gasteiger partial charge in [-0.05, 0) is 63.0 Å². The van der Waals surface area contributed by atoms with Crippen molar-refractivity contribution >= 4 is 17.6 Å². The number of halogens is 1. The van der Waals surface area contributed by atoms with Crippen LogP contribution in [0.2, 0.25) is 0 Å².